The first-order chi connectivity index (χ1) is 15.0. The Balaban J connectivity index is 1.75. The van der Waals surface area contributed by atoms with E-state index in [0.717, 1.165) is 40.7 Å². The number of aromatic nitrogens is 1. The van der Waals surface area contributed by atoms with Crippen LogP contribution in [0, 0.1) is 11.7 Å². The Morgan fingerprint density at radius 3 is 2.48 bits per heavy atom. The van der Waals surface area contributed by atoms with E-state index in [9.17, 15) is 19.4 Å². The van der Waals surface area contributed by atoms with Crippen molar-refractivity contribution in [3.63, 3.8) is 0 Å². The second kappa shape index (κ2) is 7.81. The minimum absolute atomic E-state index is 0.113. The molecule has 3 aromatic rings. The van der Waals surface area contributed by atoms with Crippen molar-refractivity contribution < 1.29 is 24.1 Å². The van der Waals surface area contributed by atoms with Crippen molar-refractivity contribution >= 4 is 22.7 Å². The molecule has 5 rings (SSSR count). The molecule has 2 aromatic carbocycles. The van der Waals surface area contributed by atoms with Gasteiger partial charge >= 0.3 is 5.97 Å². The number of halogens is 1. The number of fused-ring (bicyclic) bond motifs is 1. The highest BCUT2D eigenvalue weighted by atomic mass is 19.1. The predicted molar refractivity (Wildman–Crippen MR) is 115 cm³/mol. The van der Waals surface area contributed by atoms with E-state index >= 15 is 0 Å². The highest BCUT2D eigenvalue weighted by Gasteiger charge is 2.37. The number of pyridine rings is 1. The number of benzene rings is 2. The van der Waals surface area contributed by atoms with Crippen LogP contribution in [0.15, 0.2) is 42.5 Å². The minimum Gasteiger partial charge on any atom is -0.508 e. The van der Waals surface area contributed by atoms with Gasteiger partial charge in [-0.15, -0.1) is 0 Å². The first kappa shape index (κ1) is 19.8. The lowest BCUT2D eigenvalue weighted by Crippen LogP contribution is -2.51. The number of ether oxygens (including phenoxy) is 1. The number of hydrogen-bond acceptors (Lipinski definition) is 5. The molecule has 0 spiro atoms. The third kappa shape index (κ3) is 3.59. The fraction of sp³-hybridized carbons (Fsp3) is 0.333. The van der Waals surface area contributed by atoms with Gasteiger partial charge in [-0.1, -0.05) is 12.1 Å². The quantitative estimate of drug-likeness (QED) is 0.657. The zero-order chi connectivity index (χ0) is 21.5. The van der Waals surface area contributed by atoms with Crippen LogP contribution in [0.4, 0.5) is 10.2 Å². The molecule has 2 aliphatic heterocycles. The first-order valence-electron chi connectivity index (χ1n) is 10.5. The third-order valence-electron chi connectivity index (χ3n) is 6.28. The van der Waals surface area contributed by atoms with Gasteiger partial charge in [0, 0.05) is 43.3 Å². The lowest BCUT2D eigenvalue weighted by atomic mass is 9.83. The Morgan fingerprint density at radius 1 is 1.10 bits per heavy atom. The molecule has 0 saturated carbocycles. The van der Waals surface area contributed by atoms with Crippen LogP contribution in [0.25, 0.3) is 22.0 Å². The van der Waals surface area contributed by atoms with Crippen molar-refractivity contribution in [2.24, 2.45) is 5.92 Å². The molecule has 7 heteroatoms. The largest absolute Gasteiger partial charge is 0.508 e. The molecule has 160 valence electrons. The highest BCUT2D eigenvalue weighted by molar-refractivity contribution is 5.99. The van der Waals surface area contributed by atoms with E-state index in [1.807, 2.05) is 11.0 Å². The van der Waals surface area contributed by atoms with Crippen molar-refractivity contribution in [1.82, 2.24) is 4.98 Å². The van der Waals surface area contributed by atoms with Crippen molar-refractivity contribution in [1.29, 1.82) is 0 Å². The summed E-state index contributed by atoms with van der Waals surface area (Å²) in [5.74, 6) is -0.471. The number of carboxylic acids is 1. The van der Waals surface area contributed by atoms with E-state index in [0.29, 0.717) is 31.8 Å². The molecular weight excluding hydrogens is 399 g/mol. The molecule has 6 nitrogen and oxygen atoms in total. The smallest absolute Gasteiger partial charge is 0.310 e. The second-order valence-electron chi connectivity index (χ2n) is 8.26. The van der Waals surface area contributed by atoms with Gasteiger partial charge in [-0.3, -0.25) is 4.79 Å². The van der Waals surface area contributed by atoms with E-state index in [1.165, 1.54) is 12.1 Å². The average molecular weight is 422 g/mol. The fourth-order valence-corrected chi connectivity index (χ4v) is 4.60. The molecule has 0 atom stereocenters. The molecule has 2 saturated heterocycles. The molecule has 2 aliphatic rings. The minimum atomic E-state index is -0.805. The lowest BCUT2D eigenvalue weighted by Gasteiger charge is -2.40. The summed E-state index contributed by atoms with van der Waals surface area (Å²) in [7, 11) is 0. The first-order valence-corrected chi connectivity index (χ1v) is 10.5. The number of hydrogen-bond donors (Lipinski definition) is 2. The molecule has 31 heavy (non-hydrogen) atoms. The standard InChI is InChI=1S/C24H23FN2O4/c25-17-3-1-14(2-4-17)21-19-6-5-18(28)11-20(19)26-23(27-12-16(13-27)24(29)30)22(21)15-7-9-31-10-8-15/h1-6,11,15-16,28H,7-10,12-13H2,(H,29,30). The Kier molecular flexibility index (Phi) is 4.98. The third-order valence-corrected chi connectivity index (χ3v) is 6.28. The molecule has 2 fully saturated rings. The molecule has 0 radical (unpaired) electrons. The van der Waals surface area contributed by atoms with Gasteiger partial charge in [0.1, 0.15) is 17.4 Å². The van der Waals surface area contributed by atoms with Gasteiger partial charge in [0.05, 0.1) is 11.4 Å². The number of nitrogens with zero attached hydrogens (tertiary/aromatic N) is 2. The molecule has 3 heterocycles. The van der Waals surface area contributed by atoms with Crippen LogP contribution in [0.5, 0.6) is 5.75 Å². The van der Waals surface area contributed by atoms with Crippen LogP contribution >= 0.6 is 0 Å². The lowest BCUT2D eigenvalue weighted by molar-refractivity contribution is -0.142. The average Bonchev–Trinajstić information content (AvgIpc) is 2.72. The maximum Gasteiger partial charge on any atom is 0.310 e. The van der Waals surface area contributed by atoms with E-state index < -0.39 is 11.9 Å². The van der Waals surface area contributed by atoms with Crippen molar-refractivity contribution in [3.05, 3.63) is 53.8 Å². The summed E-state index contributed by atoms with van der Waals surface area (Å²) in [5, 5.41) is 20.3. The van der Waals surface area contributed by atoms with E-state index in [4.69, 9.17) is 9.72 Å². The second-order valence-corrected chi connectivity index (χ2v) is 8.26. The Morgan fingerprint density at radius 2 is 1.81 bits per heavy atom. The number of aliphatic carboxylic acids is 1. The topological polar surface area (TPSA) is 82.9 Å². The van der Waals surface area contributed by atoms with Crippen molar-refractivity contribution in [2.45, 2.75) is 18.8 Å². The number of carboxylic acid groups (broad SMARTS) is 1. The van der Waals surface area contributed by atoms with Crippen LogP contribution in [-0.2, 0) is 9.53 Å². The number of anilines is 1. The SMILES string of the molecule is O=C(O)C1CN(c2nc3cc(O)ccc3c(-c3ccc(F)cc3)c2C2CCOCC2)C1. The van der Waals surface area contributed by atoms with Gasteiger partial charge in [-0.05, 0) is 54.2 Å². The van der Waals surface area contributed by atoms with Crippen LogP contribution in [-0.4, -0.2) is 47.5 Å². The molecule has 0 aliphatic carbocycles. The molecule has 0 unspecified atom stereocenters. The summed E-state index contributed by atoms with van der Waals surface area (Å²) in [4.78, 5) is 18.3. The summed E-state index contributed by atoms with van der Waals surface area (Å²) < 4.78 is 19.3. The number of carbonyl (C=O) groups is 1. The Labute approximate surface area is 178 Å². The summed E-state index contributed by atoms with van der Waals surface area (Å²) in [6, 6.07) is 11.5. The van der Waals surface area contributed by atoms with Crippen LogP contribution < -0.4 is 4.90 Å². The van der Waals surface area contributed by atoms with E-state index in [1.54, 1.807) is 24.3 Å². The van der Waals surface area contributed by atoms with Gasteiger partial charge in [0.2, 0.25) is 0 Å². The number of phenols is 1. The van der Waals surface area contributed by atoms with E-state index in [2.05, 4.69) is 0 Å². The number of rotatable bonds is 4. The summed E-state index contributed by atoms with van der Waals surface area (Å²) in [5.41, 5.74) is 3.52. The predicted octanol–water partition coefficient (Wildman–Crippen LogP) is 4.16. The van der Waals surface area contributed by atoms with Gasteiger partial charge < -0.3 is 19.8 Å². The van der Waals surface area contributed by atoms with E-state index in [-0.39, 0.29) is 17.5 Å². The van der Waals surface area contributed by atoms with Gasteiger partial charge in [-0.25, -0.2) is 9.37 Å². The molecule has 0 amide bonds. The molecule has 1 aromatic heterocycles. The van der Waals surface area contributed by atoms with Crippen LogP contribution in [0.1, 0.15) is 24.3 Å². The normalized spacial score (nSPS) is 17.6. The molecular formula is C24H23FN2O4. The van der Waals surface area contributed by atoms with Gasteiger partial charge in [0.15, 0.2) is 0 Å². The summed E-state index contributed by atoms with van der Waals surface area (Å²) >= 11 is 0. The number of aromatic hydroxyl groups is 1. The van der Waals surface area contributed by atoms with Crippen molar-refractivity contribution in [2.75, 3.05) is 31.2 Å². The Bertz CT molecular complexity index is 1140. The van der Waals surface area contributed by atoms with Gasteiger partial charge in [-0.2, -0.15) is 0 Å². The maximum atomic E-state index is 13.7. The van der Waals surface area contributed by atoms with Gasteiger partial charge in [0.25, 0.3) is 0 Å². The zero-order valence-corrected chi connectivity index (χ0v) is 16.9. The maximum absolute atomic E-state index is 13.7. The molecule has 2 N–H and O–H groups in total. The van der Waals surface area contributed by atoms with Crippen LogP contribution in [0.2, 0.25) is 0 Å². The summed E-state index contributed by atoms with van der Waals surface area (Å²) in [6.45, 7) is 2.09. The molecule has 0 bridgehead atoms. The Hall–Kier alpha value is -3.19. The summed E-state index contributed by atoms with van der Waals surface area (Å²) in [6.07, 6.45) is 1.67. The number of phenolic OH excluding ortho intramolecular Hbond substituents is 1. The fourth-order valence-electron chi connectivity index (χ4n) is 4.60. The zero-order valence-electron chi connectivity index (χ0n) is 16.9. The van der Waals surface area contributed by atoms with Crippen molar-refractivity contribution in [3.8, 4) is 16.9 Å². The highest BCUT2D eigenvalue weighted by Crippen LogP contribution is 2.45. The van der Waals surface area contributed by atoms with Crippen LogP contribution in [0.3, 0.4) is 0 Å². The monoisotopic (exact) mass is 422 g/mol.